The third kappa shape index (κ3) is 2.77. The van der Waals surface area contributed by atoms with Crippen molar-refractivity contribution < 1.29 is 8.42 Å². The maximum atomic E-state index is 12.9. The van der Waals surface area contributed by atoms with E-state index in [-0.39, 0.29) is 17.4 Å². The quantitative estimate of drug-likeness (QED) is 0.865. The number of nitrogens with two attached hydrogens (primary N) is 2. The second kappa shape index (κ2) is 5.76. The summed E-state index contributed by atoms with van der Waals surface area (Å²) in [6.45, 7) is 0.0711. The average molecular weight is 371 g/mol. The van der Waals surface area contributed by atoms with Crippen LogP contribution in [0.1, 0.15) is 11.5 Å². The predicted molar refractivity (Wildman–Crippen MR) is 92.6 cm³/mol. The summed E-state index contributed by atoms with van der Waals surface area (Å²) in [7, 11) is -3.62. The monoisotopic (exact) mass is 370 g/mol. The second-order valence-electron chi connectivity index (χ2n) is 5.77. The SMILES string of the molecule is NC[C@]1(N)[C@H](c2cccc(Cl)c2)[C@@H]1S(=O)(=O)c1ccc(Cl)cc1. The van der Waals surface area contributed by atoms with Crippen molar-refractivity contribution in [1.82, 2.24) is 0 Å². The Hall–Kier alpha value is -1.11. The molecule has 7 heteroatoms. The van der Waals surface area contributed by atoms with Crippen LogP contribution in [0.15, 0.2) is 53.4 Å². The lowest BCUT2D eigenvalue weighted by Gasteiger charge is -2.09. The van der Waals surface area contributed by atoms with Crippen LogP contribution < -0.4 is 11.5 Å². The molecule has 0 aromatic heterocycles. The molecule has 4 nitrogen and oxygen atoms in total. The number of sulfone groups is 1. The molecule has 0 bridgehead atoms. The Morgan fingerprint density at radius 3 is 2.26 bits per heavy atom. The molecule has 1 aliphatic carbocycles. The highest BCUT2D eigenvalue weighted by molar-refractivity contribution is 7.92. The number of rotatable bonds is 4. The van der Waals surface area contributed by atoms with Crippen LogP contribution in [0.25, 0.3) is 0 Å². The van der Waals surface area contributed by atoms with Crippen molar-refractivity contribution in [3.63, 3.8) is 0 Å². The molecule has 3 atom stereocenters. The molecule has 0 amide bonds. The van der Waals surface area contributed by atoms with E-state index in [0.29, 0.717) is 10.0 Å². The fourth-order valence-electron chi connectivity index (χ4n) is 3.09. The van der Waals surface area contributed by atoms with Crippen LogP contribution in [0.4, 0.5) is 0 Å². The molecule has 1 fully saturated rings. The van der Waals surface area contributed by atoms with Crippen LogP contribution in [-0.4, -0.2) is 25.8 Å². The fraction of sp³-hybridized carbons (Fsp3) is 0.250. The number of hydrogen-bond donors (Lipinski definition) is 2. The van der Waals surface area contributed by atoms with Gasteiger partial charge >= 0.3 is 0 Å². The van der Waals surface area contributed by atoms with Gasteiger partial charge in [0, 0.05) is 22.5 Å². The smallest absolute Gasteiger partial charge is 0.183 e. The molecule has 23 heavy (non-hydrogen) atoms. The van der Waals surface area contributed by atoms with Crippen molar-refractivity contribution >= 4 is 33.0 Å². The first-order valence-corrected chi connectivity index (χ1v) is 9.35. The highest BCUT2D eigenvalue weighted by Gasteiger charge is 2.68. The largest absolute Gasteiger partial charge is 0.329 e. The molecule has 0 spiro atoms. The minimum absolute atomic E-state index is 0.0711. The molecule has 3 rings (SSSR count). The zero-order chi connectivity index (χ0) is 16.8. The third-order valence-electron chi connectivity index (χ3n) is 4.34. The summed E-state index contributed by atoms with van der Waals surface area (Å²) in [5.41, 5.74) is 11.9. The van der Waals surface area contributed by atoms with Gasteiger partial charge < -0.3 is 11.5 Å². The van der Waals surface area contributed by atoms with Gasteiger partial charge in [-0.1, -0.05) is 35.3 Å². The van der Waals surface area contributed by atoms with Gasteiger partial charge in [-0.25, -0.2) is 8.42 Å². The van der Waals surface area contributed by atoms with Gasteiger partial charge in [-0.05, 0) is 42.0 Å². The molecule has 1 saturated carbocycles. The molecule has 2 aromatic rings. The average Bonchev–Trinajstić information content (AvgIpc) is 3.15. The summed E-state index contributed by atoms with van der Waals surface area (Å²) >= 11 is 11.8. The lowest BCUT2D eigenvalue weighted by molar-refractivity contribution is 0.586. The van der Waals surface area contributed by atoms with Crippen LogP contribution in [0.5, 0.6) is 0 Å². The van der Waals surface area contributed by atoms with E-state index >= 15 is 0 Å². The summed E-state index contributed by atoms with van der Waals surface area (Å²) in [5.74, 6) is -0.383. The summed E-state index contributed by atoms with van der Waals surface area (Å²) in [4.78, 5) is 0.194. The molecule has 1 aliphatic rings. The Balaban J connectivity index is 2.03. The van der Waals surface area contributed by atoms with Crippen molar-refractivity contribution in [3.8, 4) is 0 Å². The zero-order valence-electron chi connectivity index (χ0n) is 12.1. The first-order chi connectivity index (χ1) is 10.8. The van der Waals surface area contributed by atoms with Crippen LogP contribution in [0.2, 0.25) is 10.0 Å². The highest BCUT2D eigenvalue weighted by atomic mass is 35.5. The molecule has 0 aliphatic heterocycles. The molecule has 2 aromatic carbocycles. The van der Waals surface area contributed by atoms with Crippen molar-refractivity contribution in [2.75, 3.05) is 6.54 Å². The van der Waals surface area contributed by atoms with E-state index in [1.165, 1.54) is 12.1 Å². The van der Waals surface area contributed by atoms with Crippen LogP contribution in [-0.2, 0) is 9.84 Å². The van der Waals surface area contributed by atoms with E-state index in [1.807, 2.05) is 6.07 Å². The first-order valence-electron chi connectivity index (χ1n) is 7.04. The van der Waals surface area contributed by atoms with Gasteiger partial charge in [0.2, 0.25) is 0 Å². The Labute approximate surface area is 145 Å². The molecule has 0 saturated heterocycles. The molecule has 0 radical (unpaired) electrons. The minimum atomic E-state index is -3.62. The summed E-state index contributed by atoms with van der Waals surface area (Å²) < 4.78 is 25.9. The molecular weight excluding hydrogens is 355 g/mol. The Bertz CT molecular complexity index is 839. The summed E-state index contributed by atoms with van der Waals surface area (Å²) in [5, 5.41) is 0.236. The number of benzene rings is 2. The molecule has 122 valence electrons. The van der Waals surface area contributed by atoms with Crippen molar-refractivity contribution in [3.05, 3.63) is 64.1 Å². The van der Waals surface area contributed by atoms with E-state index in [2.05, 4.69) is 0 Å². The summed E-state index contributed by atoms with van der Waals surface area (Å²) in [6.07, 6.45) is 0. The lowest BCUT2D eigenvalue weighted by atomic mass is 10.1. The Morgan fingerprint density at radius 1 is 1.04 bits per heavy atom. The predicted octanol–water partition coefficient (Wildman–Crippen LogP) is 2.59. The van der Waals surface area contributed by atoms with Gasteiger partial charge in [-0.15, -0.1) is 0 Å². The molecule has 0 heterocycles. The highest BCUT2D eigenvalue weighted by Crippen LogP contribution is 2.55. The van der Waals surface area contributed by atoms with Gasteiger partial charge in [0.05, 0.1) is 15.7 Å². The van der Waals surface area contributed by atoms with Gasteiger partial charge in [0.1, 0.15) is 0 Å². The van der Waals surface area contributed by atoms with E-state index in [4.69, 9.17) is 34.7 Å². The summed E-state index contributed by atoms with van der Waals surface area (Å²) in [6, 6.07) is 13.1. The first kappa shape index (κ1) is 16.7. The maximum Gasteiger partial charge on any atom is 0.183 e. The van der Waals surface area contributed by atoms with E-state index in [9.17, 15) is 8.42 Å². The molecule has 4 N–H and O–H groups in total. The molecular formula is C16H16Cl2N2O2S. The minimum Gasteiger partial charge on any atom is -0.329 e. The van der Waals surface area contributed by atoms with Gasteiger partial charge in [0.25, 0.3) is 0 Å². The van der Waals surface area contributed by atoms with Crippen molar-refractivity contribution in [1.29, 1.82) is 0 Å². The van der Waals surface area contributed by atoms with E-state index in [1.54, 1.807) is 30.3 Å². The van der Waals surface area contributed by atoms with Crippen molar-refractivity contribution in [2.45, 2.75) is 21.6 Å². The van der Waals surface area contributed by atoms with E-state index < -0.39 is 20.6 Å². The number of halogens is 2. The van der Waals surface area contributed by atoms with E-state index in [0.717, 1.165) is 5.56 Å². The molecule has 0 unspecified atom stereocenters. The maximum absolute atomic E-state index is 12.9. The fourth-order valence-corrected chi connectivity index (χ4v) is 5.73. The van der Waals surface area contributed by atoms with Gasteiger partial charge in [-0.2, -0.15) is 0 Å². The number of hydrogen-bond acceptors (Lipinski definition) is 4. The Kier molecular flexibility index (Phi) is 4.19. The van der Waals surface area contributed by atoms with Crippen LogP contribution in [0.3, 0.4) is 0 Å². The van der Waals surface area contributed by atoms with Gasteiger partial charge in [0.15, 0.2) is 9.84 Å². The van der Waals surface area contributed by atoms with Crippen molar-refractivity contribution in [2.24, 2.45) is 11.5 Å². The third-order valence-corrected chi connectivity index (χ3v) is 7.14. The van der Waals surface area contributed by atoms with Crippen LogP contribution in [0, 0.1) is 0 Å². The normalized spacial score (nSPS) is 27.0. The lowest BCUT2D eigenvalue weighted by Crippen LogP contribution is -2.39. The standard InChI is InChI=1S/C16H16Cl2N2O2S/c17-11-4-6-13(7-5-11)23(21,22)15-14(16(15,20)9-19)10-2-1-3-12(18)8-10/h1-8,14-15H,9,19-20H2/t14-,15+,16+/m1/s1. The second-order valence-corrected chi connectivity index (χ2v) is 8.71. The van der Waals surface area contributed by atoms with Gasteiger partial charge in [-0.3, -0.25) is 0 Å². The Morgan fingerprint density at radius 2 is 1.70 bits per heavy atom. The zero-order valence-corrected chi connectivity index (χ0v) is 14.4. The van der Waals surface area contributed by atoms with Crippen LogP contribution >= 0.6 is 23.2 Å². The topological polar surface area (TPSA) is 86.2 Å².